The summed E-state index contributed by atoms with van der Waals surface area (Å²) in [5.41, 5.74) is 2.13. The van der Waals surface area contributed by atoms with Gasteiger partial charge in [0.25, 0.3) is 0 Å². The van der Waals surface area contributed by atoms with Gasteiger partial charge in [-0.15, -0.1) is 0 Å². The van der Waals surface area contributed by atoms with Gasteiger partial charge < -0.3 is 14.2 Å². The molecule has 6 rings (SSSR count). The second kappa shape index (κ2) is 6.58. The van der Waals surface area contributed by atoms with E-state index in [1.165, 1.54) is 76.2 Å². The number of hydrogen-bond donors (Lipinski definition) is 0. The SMILES string of the molecule is CC(C)=CCC[C@@H](C)[C@H]1CC[C@H]2C3(CCC[C@]12C)OC3C1OC12CCCC[C@]21CO1. The molecule has 0 bridgehead atoms. The lowest BCUT2D eigenvalue weighted by atomic mass is 9.57. The number of ether oxygens (including phenoxy) is 3. The van der Waals surface area contributed by atoms with Gasteiger partial charge in [-0.25, -0.2) is 0 Å². The summed E-state index contributed by atoms with van der Waals surface area (Å²) < 4.78 is 19.3. The van der Waals surface area contributed by atoms with Gasteiger partial charge in [-0.3, -0.25) is 0 Å². The van der Waals surface area contributed by atoms with Crippen LogP contribution in [0.15, 0.2) is 11.6 Å². The number of fused-ring (bicyclic) bond motifs is 3. The van der Waals surface area contributed by atoms with Crippen molar-refractivity contribution in [2.75, 3.05) is 6.61 Å². The first kappa shape index (κ1) is 20.2. The second-order valence-corrected chi connectivity index (χ2v) is 12.3. The zero-order valence-corrected chi connectivity index (χ0v) is 19.7. The average Bonchev–Trinajstić information content (AvgIpc) is 3.61. The van der Waals surface area contributed by atoms with E-state index in [1.54, 1.807) is 0 Å². The van der Waals surface area contributed by atoms with Crippen LogP contribution in [0.25, 0.3) is 0 Å². The molecule has 6 fully saturated rings. The molecular weight excluding hydrogens is 372 g/mol. The topological polar surface area (TPSA) is 37.6 Å². The summed E-state index contributed by atoms with van der Waals surface area (Å²) in [6.07, 6.45) is 17.4. The Morgan fingerprint density at radius 1 is 1.00 bits per heavy atom. The lowest BCUT2D eigenvalue weighted by Crippen LogP contribution is -2.46. The lowest BCUT2D eigenvalue weighted by molar-refractivity contribution is 0.0102. The second-order valence-electron chi connectivity index (χ2n) is 12.3. The van der Waals surface area contributed by atoms with Crippen LogP contribution in [0.1, 0.15) is 98.3 Å². The Labute approximate surface area is 183 Å². The molecule has 0 N–H and O–H groups in total. The molecule has 0 radical (unpaired) electrons. The van der Waals surface area contributed by atoms with Crippen molar-refractivity contribution in [3.63, 3.8) is 0 Å². The molecule has 3 heteroatoms. The molecule has 4 unspecified atom stereocenters. The van der Waals surface area contributed by atoms with Crippen molar-refractivity contribution < 1.29 is 14.2 Å². The Bertz CT molecular complexity index is 736. The Hall–Kier alpha value is -0.380. The monoisotopic (exact) mass is 414 g/mol. The van der Waals surface area contributed by atoms with Crippen molar-refractivity contribution in [2.45, 2.75) is 127 Å². The number of allylic oxidation sites excluding steroid dienone is 2. The molecule has 3 heterocycles. The summed E-state index contributed by atoms with van der Waals surface area (Å²) in [5.74, 6) is 2.41. The Balaban J connectivity index is 1.17. The Morgan fingerprint density at radius 2 is 1.80 bits per heavy atom. The molecule has 30 heavy (non-hydrogen) atoms. The average molecular weight is 415 g/mol. The van der Waals surface area contributed by atoms with Gasteiger partial charge in [-0.05, 0) is 94.8 Å². The molecule has 3 aliphatic heterocycles. The quantitative estimate of drug-likeness (QED) is 0.397. The van der Waals surface area contributed by atoms with E-state index in [1.807, 2.05) is 0 Å². The van der Waals surface area contributed by atoms with Gasteiger partial charge in [0.1, 0.15) is 29.0 Å². The maximum Gasteiger partial charge on any atom is 0.129 e. The van der Waals surface area contributed by atoms with Crippen molar-refractivity contribution in [3.05, 3.63) is 11.6 Å². The first-order chi connectivity index (χ1) is 14.4. The number of epoxide rings is 3. The van der Waals surface area contributed by atoms with Crippen LogP contribution >= 0.6 is 0 Å². The number of rotatable bonds is 5. The molecule has 3 spiro atoms. The van der Waals surface area contributed by atoms with Gasteiger partial charge in [-0.1, -0.05) is 38.3 Å². The van der Waals surface area contributed by atoms with Crippen LogP contribution in [0.4, 0.5) is 0 Å². The van der Waals surface area contributed by atoms with E-state index in [4.69, 9.17) is 14.2 Å². The molecule has 3 aliphatic carbocycles. The fraction of sp³-hybridized carbons (Fsp3) is 0.926. The molecule has 0 aromatic rings. The maximum absolute atomic E-state index is 6.75. The third-order valence-electron chi connectivity index (χ3n) is 10.6. The van der Waals surface area contributed by atoms with Crippen molar-refractivity contribution in [3.8, 4) is 0 Å². The highest BCUT2D eigenvalue weighted by molar-refractivity contribution is 5.31. The molecule has 168 valence electrons. The van der Waals surface area contributed by atoms with Gasteiger partial charge in [-0.2, -0.15) is 0 Å². The zero-order valence-electron chi connectivity index (χ0n) is 19.7. The van der Waals surface area contributed by atoms with E-state index in [-0.39, 0.29) is 16.8 Å². The molecule has 0 amide bonds. The first-order valence-electron chi connectivity index (χ1n) is 13.0. The summed E-state index contributed by atoms with van der Waals surface area (Å²) in [7, 11) is 0. The normalized spacial score (nSPS) is 54.3. The summed E-state index contributed by atoms with van der Waals surface area (Å²) in [6.45, 7) is 10.5. The predicted octanol–water partition coefficient (Wildman–Crippen LogP) is 6.20. The van der Waals surface area contributed by atoms with Crippen LogP contribution in [0.2, 0.25) is 0 Å². The predicted molar refractivity (Wildman–Crippen MR) is 118 cm³/mol. The van der Waals surface area contributed by atoms with Gasteiger partial charge in [0.05, 0.1) is 6.61 Å². The van der Waals surface area contributed by atoms with Gasteiger partial charge >= 0.3 is 0 Å². The summed E-state index contributed by atoms with van der Waals surface area (Å²) in [5, 5.41) is 0. The fourth-order valence-electron chi connectivity index (χ4n) is 8.90. The van der Waals surface area contributed by atoms with Gasteiger partial charge in [0.15, 0.2) is 0 Å². The first-order valence-corrected chi connectivity index (χ1v) is 13.0. The smallest absolute Gasteiger partial charge is 0.129 e. The highest BCUT2D eigenvalue weighted by Gasteiger charge is 2.84. The van der Waals surface area contributed by atoms with E-state index in [2.05, 4.69) is 33.8 Å². The van der Waals surface area contributed by atoms with Crippen molar-refractivity contribution in [2.24, 2.45) is 23.2 Å². The van der Waals surface area contributed by atoms with Crippen molar-refractivity contribution in [1.82, 2.24) is 0 Å². The van der Waals surface area contributed by atoms with Crippen LogP contribution in [0.5, 0.6) is 0 Å². The maximum atomic E-state index is 6.75. The Kier molecular flexibility index (Phi) is 4.44. The largest absolute Gasteiger partial charge is 0.366 e. The van der Waals surface area contributed by atoms with E-state index in [9.17, 15) is 0 Å². The third kappa shape index (κ3) is 2.67. The van der Waals surface area contributed by atoms with E-state index in [0.717, 1.165) is 24.4 Å². The molecule has 9 atom stereocenters. The van der Waals surface area contributed by atoms with Crippen LogP contribution in [-0.4, -0.2) is 35.6 Å². The summed E-state index contributed by atoms with van der Waals surface area (Å²) in [4.78, 5) is 0. The molecule has 6 aliphatic rings. The molecule has 0 aromatic heterocycles. The minimum atomic E-state index is 0.0168. The van der Waals surface area contributed by atoms with Gasteiger partial charge in [0.2, 0.25) is 0 Å². The minimum Gasteiger partial charge on any atom is -0.366 e. The standard InChI is InChI=1S/C27H42O3/c1-18(2)9-7-10-19(3)20-11-12-21-24(20,4)13-8-15-26(21)22(29-26)23-27(30-23)16-6-5-14-25(27)17-28-25/h9,19-23H,5-8,10-17H2,1-4H3/t19-,20-,21-,22?,23?,24-,25+,26?,27?/m1/s1. The molecule has 3 saturated carbocycles. The van der Waals surface area contributed by atoms with E-state index < -0.39 is 0 Å². The van der Waals surface area contributed by atoms with Crippen LogP contribution in [0.3, 0.4) is 0 Å². The molecular formula is C27H42O3. The van der Waals surface area contributed by atoms with E-state index >= 15 is 0 Å². The highest BCUT2D eigenvalue weighted by atomic mass is 16.7. The fourth-order valence-corrected chi connectivity index (χ4v) is 8.90. The Morgan fingerprint density at radius 3 is 2.57 bits per heavy atom. The summed E-state index contributed by atoms with van der Waals surface area (Å²) >= 11 is 0. The molecule has 0 aromatic carbocycles. The highest BCUT2D eigenvalue weighted by Crippen LogP contribution is 2.72. The minimum absolute atomic E-state index is 0.0168. The summed E-state index contributed by atoms with van der Waals surface area (Å²) in [6, 6.07) is 0. The van der Waals surface area contributed by atoms with Crippen LogP contribution in [-0.2, 0) is 14.2 Å². The molecule has 3 nitrogen and oxygen atoms in total. The van der Waals surface area contributed by atoms with Crippen LogP contribution in [0, 0.1) is 23.2 Å². The van der Waals surface area contributed by atoms with Gasteiger partial charge in [0, 0.05) is 0 Å². The van der Waals surface area contributed by atoms with Crippen molar-refractivity contribution in [1.29, 1.82) is 0 Å². The van der Waals surface area contributed by atoms with Crippen molar-refractivity contribution >= 4 is 0 Å². The molecule has 3 saturated heterocycles. The number of hydrogen-bond acceptors (Lipinski definition) is 3. The lowest BCUT2D eigenvalue weighted by Gasteiger charge is -2.46. The zero-order chi connectivity index (χ0) is 20.8. The van der Waals surface area contributed by atoms with Crippen LogP contribution < -0.4 is 0 Å². The van der Waals surface area contributed by atoms with E-state index in [0.29, 0.717) is 17.6 Å². The third-order valence-corrected chi connectivity index (χ3v) is 10.6.